The molecule has 0 saturated heterocycles. The fourth-order valence-electron chi connectivity index (χ4n) is 3.76. The van der Waals surface area contributed by atoms with E-state index in [0.717, 1.165) is 36.9 Å². The molecular weight excluding hydrogens is 288 g/mol. The second kappa shape index (κ2) is 5.65. The third kappa shape index (κ3) is 2.56. The van der Waals surface area contributed by atoms with Crippen LogP contribution in [0.5, 0.6) is 0 Å². The predicted molar refractivity (Wildman–Crippen MR) is 87.7 cm³/mol. The van der Waals surface area contributed by atoms with Gasteiger partial charge in [0.2, 0.25) is 5.91 Å². The van der Waals surface area contributed by atoms with Crippen molar-refractivity contribution in [2.45, 2.75) is 38.1 Å². The van der Waals surface area contributed by atoms with Crippen LogP contribution < -0.4 is 5.73 Å². The van der Waals surface area contributed by atoms with E-state index in [1.165, 1.54) is 11.1 Å². The lowest BCUT2D eigenvalue weighted by atomic mass is 9.82. The number of hydrogen-bond acceptors (Lipinski definition) is 4. The molecule has 1 aromatic heterocycles. The van der Waals surface area contributed by atoms with Crippen molar-refractivity contribution in [2.75, 3.05) is 12.3 Å². The number of rotatable bonds is 1. The van der Waals surface area contributed by atoms with E-state index in [1.807, 2.05) is 17.0 Å². The van der Waals surface area contributed by atoms with Crippen molar-refractivity contribution in [1.82, 2.24) is 15.1 Å². The Balaban J connectivity index is 1.59. The maximum Gasteiger partial charge on any atom is 0.230 e. The van der Waals surface area contributed by atoms with Gasteiger partial charge in [0.05, 0.1) is 11.6 Å². The summed E-state index contributed by atoms with van der Waals surface area (Å²) < 4.78 is 0. The minimum absolute atomic E-state index is 0.00589. The van der Waals surface area contributed by atoms with Crippen LogP contribution in [0.4, 0.5) is 5.82 Å². The lowest BCUT2D eigenvalue weighted by Crippen LogP contribution is -2.40. The fraction of sp³-hybridized carbons (Fsp3) is 0.389. The Morgan fingerprint density at radius 2 is 2.04 bits per heavy atom. The molecule has 4 rings (SSSR count). The van der Waals surface area contributed by atoms with E-state index in [4.69, 9.17) is 5.73 Å². The molecule has 0 saturated carbocycles. The zero-order valence-corrected chi connectivity index (χ0v) is 13.0. The molecule has 0 fully saturated rings. The highest BCUT2D eigenvalue weighted by Crippen LogP contribution is 2.34. The summed E-state index contributed by atoms with van der Waals surface area (Å²) in [5.41, 5.74) is 10.3. The average Bonchev–Trinajstić information content (AvgIpc) is 2.60. The molecule has 0 radical (unpaired) electrons. The molecule has 1 unspecified atom stereocenters. The Morgan fingerprint density at radius 1 is 1.17 bits per heavy atom. The minimum Gasteiger partial charge on any atom is -0.382 e. The van der Waals surface area contributed by atoms with E-state index in [-0.39, 0.29) is 11.8 Å². The van der Waals surface area contributed by atoms with Crippen molar-refractivity contribution < 1.29 is 4.79 Å². The first-order chi connectivity index (χ1) is 11.2. The van der Waals surface area contributed by atoms with Gasteiger partial charge in [0.15, 0.2) is 0 Å². The normalized spacial score (nSPS) is 19.8. The third-order valence-electron chi connectivity index (χ3n) is 4.94. The summed E-state index contributed by atoms with van der Waals surface area (Å²) in [7, 11) is 0. The number of carbonyl (C=O) groups excluding carboxylic acids is 1. The number of anilines is 1. The molecule has 0 spiro atoms. The zero-order valence-electron chi connectivity index (χ0n) is 13.0. The summed E-state index contributed by atoms with van der Waals surface area (Å²) in [6, 6.07) is 10.2. The van der Waals surface area contributed by atoms with Crippen LogP contribution >= 0.6 is 0 Å². The average molecular weight is 308 g/mol. The number of nitrogen functional groups attached to an aromatic ring is 1. The first-order valence-corrected chi connectivity index (χ1v) is 8.20. The first kappa shape index (κ1) is 14.2. The van der Waals surface area contributed by atoms with Gasteiger partial charge in [-0.2, -0.15) is 5.10 Å². The summed E-state index contributed by atoms with van der Waals surface area (Å²) in [5, 5.41) is 8.05. The van der Waals surface area contributed by atoms with Gasteiger partial charge >= 0.3 is 0 Å². The summed E-state index contributed by atoms with van der Waals surface area (Å²) in [4.78, 5) is 15.0. The maximum atomic E-state index is 13.1. The van der Waals surface area contributed by atoms with Crippen LogP contribution in [0.25, 0.3) is 0 Å². The SMILES string of the molecule is Nc1cc2c(nn1)CCN(C(=O)C1CCCc3ccccc31)C2. The molecule has 1 atom stereocenters. The highest BCUT2D eigenvalue weighted by molar-refractivity contribution is 5.84. The lowest BCUT2D eigenvalue weighted by molar-refractivity contribution is -0.134. The molecule has 2 aliphatic rings. The van der Waals surface area contributed by atoms with E-state index in [0.29, 0.717) is 18.9 Å². The number of fused-ring (bicyclic) bond motifs is 2. The Hall–Kier alpha value is -2.43. The standard InChI is InChI=1S/C18H20N4O/c19-17-10-13-11-22(9-8-16(13)20-21-17)18(23)15-7-3-5-12-4-1-2-6-14(12)15/h1-2,4,6,10,15H,3,5,7-9,11H2,(H2,19,21). The zero-order chi connectivity index (χ0) is 15.8. The van der Waals surface area contributed by atoms with Crippen LogP contribution in [0.1, 0.15) is 41.1 Å². The quantitative estimate of drug-likeness (QED) is 0.875. The molecule has 1 aromatic carbocycles. The van der Waals surface area contributed by atoms with Gasteiger partial charge in [-0.15, -0.1) is 5.10 Å². The van der Waals surface area contributed by atoms with Crippen molar-refractivity contribution in [2.24, 2.45) is 0 Å². The van der Waals surface area contributed by atoms with Crippen LogP contribution in [0, 0.1) is 0 Å². The summed E-state index contributed by atoms with van der Waals surface area (Å²) in [6.45, 7) is 1.30. The number of aryl methyl sites for hydroxylation is 1. The predicted octanol–water partition coefficient (Wildman–Crippen LogP) is 2.06. The van der Waals surface area contributed by atoms with Gasteiger partial charge in [-0.05, 0) is 42.0 Å². The van der Waals surface area contributed by atoms with Crippen LogP contribution in [0.15, 0.2) is 30.3 Å². The van der Waals surface area contributed by atoms with Crippen LogP contribution in [0.3, 0.4) is 0 Å². The van der Waals surface area contributed by atoms with Crippen LogP contribution in [0.2, 0.25) is 0 Å². The molecular formula is C18H20N4O. The van der Waals surface area contributed by atoms with Crippen molar-refractivity contribution >= 4 is 11.7 Å². The molecule has 0 bridgehead atoms. The molecule has 23 heavy (non-hydrogen) atoms. The Kier molecular flexibility index (Phi) is 3.48. The van der Waals surface area contributed by atoms with Gasteiger partial charge in [0, 0.05) is 19.5 Å². The monoisotopic (exact) mass is 308 g/mol. The molecule has 2 N–H and O–H groups in total. The summed E-state index contributed by atoms with van der Waals surface area (Å²) in [6.07, 6.45) is 3.85. The smallest absolute Gasteiger partial charge is 0.230 e. The van der Waals surface area contributed by atoms with Gasteiger partial charge in [-0.3, -0.25) is 4.79 Å². The van der Waals surface area contributed by atoms with Crippen LogP contribution in [-0.2, 0) is 24.2 Å². The topological polar surface area (TPSA) is 72.1 Å². The molecule has 5 nitrogen and oxygen atoms in total. The highest BCUT2D eigenvalue weighted by atomic mass is 16.2. The Labute approximate surface area is 135 Å². The maximum absolute atomic E-state index is 13.1. The molecule has 2 heterocycles. The first-order valence-electron chi connectivity index (χ1n) is 8.20. The highest BCUT2D eigenvalue weighted by Gasteiger charge is 2.31. The second-order valence-corrected chi connectivity index (χ2v) is 6.39. The summed E-state index contributed by atoms with van der Waals surface area (Å²) >= 11 is 0. The molecule has 1 aliphatic heterocycles. The number of hydrogen-bond donors (Lipinski definition) is 1. The van der Waals surface area contributed by atoms with E-state index in [9.17, 15) is 4.79 Å². The van der Waals surface area contributed by atoms with Gasteiger partial charge in [0.1, 0.15) is 5.82 Å². The number of nitrogens with zero attached hydrogens (tertiary/aromatic N) is 3. The lowest BCUT2D eigenvalue weighted by Gasteiger charge is -2.33. The van der Waals surface area contributed by atoms with Gasteiger partial charge < -0.3 is 10.6 Å². The largest absolute Gasteiger partial charge is 0.382 e. The Bertz CT molecular complexity index is 758. The van der Waals surface area contributed by atoms with E-state index < -0.39 is 0 Å². The van der Waals surface area contributed by atoms with Gasteiger partial charge in [-0.1, -0.05) is 24.3 Å². The molecule has 1 amide bonds. The molecule has 5 heteroatoms. The number of nitrogens with two attached hydrogens (primary N) is 1. The van der Waals surface area contributed by atoms with Crippen molar-refractivity contribution in [3.63, 3.8) is 0 Å². The van der Waals surface area contributed by atoms with E-state index in [2.05, 4.69) is 28.4 Å². The van der Waals surface area contributed by atoms with Crippen molar-refractivity contribution in [3.8, 4) is 0 Å². The molecule has 1 aliphatic carbocycles. The second-order valence-electron chi connectivity index (χ2n) is 6.39. The third-order valence-corrected chi connectivity index (χ3v) is 4.94. The fourth-order valence-corrected chi connectivity index (χ4v) is 3.76. The summed E-state index contributed by atoms with van der Waals surface area (Å²) in [5.74, 6) is 0.646. The number of aromatic nitrogens is 2. The van der Waals surface area contributed by atoms with Gasteiger partial charge in [0.25, 0.3) is 0 Å². The van der Waals surface area contributed by atoms with E-state index >= 15 is 0 Å². The van der Waals surface area contributed by atoms with Crippen molar-refractivity contribution in [3.05, 3.63) is 52.7 Å². The molecule has 2 aromatic rings. The van der Waals surface area contributed by atoms with Crippen LogP contribution in [-0.4, -0.2) is 27.5 Å². The number of carbonyl (C=O) groups is 1. The van der Waals surface area contributed by atoms with E-state index in [1.54, 1.807) is 0 Å². The Morgan fingerprint density at radius 3 is 2.96 bits per heavy atom. The molecule has 118 valence electrons. The minimum atomic E-state index is -0.00589. The van der Waals surface area contributed by atoms with Gasteiger partial charge in [-0.25, -0.2) is 0 Å². The van der Waals surface area contributed by atoms with Crippen molar-refractivity contribution in [1.29, 1.82) is 0 Å². The number of benzene rings is 1. The number of amides is 1.